The van der Waals surface area contributed by atoms with Crippen LogP contribution < -0.4 is 4.90 Å². The summed E-state index contributed by atoms with van der Waals surface area (Å²) >= 11 is 0. The van der Waals surface area contributed by atoms with Crippen LogP contribution in [-0.2, 0) is 0 Å². The van der Waals surface area contributed by atoms with Crippen LogP contribution in [-0.4, -0.2) is 37.6 Å². The number of hydrogen-bond acceptors (Lipinski definition) is 2. The van der Waals surface area contributed by atoms with E-state index >= 15 is 0 Å². The average molecular weight is 340 g/mol. The van der Waals surface area contributed by atoms with Gasteiger partial charge in [0.1, 0.15) is 11.6 Å². The minimum atomic E-state index is -0.540. The molecule has 0 unspecified atom stereocenters. The van der Waals surface area contributed by atoms with Gasteiger partial charge in [-0.3, -0.25) is 4.90 Å². The Morgan fingerprint density at radius 1 is 0.800 bits per heavy atom. The molecule has 0 spiro atoms. The van der Waals surface area contributed by atoms with Gasteiger partial charge < -0.3 is 4.90 Å². The fourth-order valence-corrected chi connectivity index (χ4v) is 2.94. The minimum absolute atomic E-state index is 0.00336. The maximum absolute atomic E-state index is 13.5. The van der Waals surface area contributed by atoms with Crippen LogP contribution in [0.4, 0.5) is 14.5 Å². The van der Waals surface area contributed by atoms with Crippen LogP contribution in [0.3, 0.4) is 0 Å². The van der Waals surface area contributed by atoms with Gasteiger partial charge in [-0.25, -0.2) is 8.78 Å². The zero-order valence-electron chi connectivity index (χ0n) is 14.1. The molecule has 0 amide bonds. The van der Waals surface area contributed by atoms with E-state index in [2.05, 4.69) is 34.1 Å². The van der Waals surface area contributed by atoms with Crippen molar-refractivity contribution >= 4 is 11.8 Å². The Kier molecular flexibility index (Phi) is 5.96. The van der Waals surface area contributed by atoms with Crippen LogP contribution in [0.25, 0.3) is 6.08 Å². The normalized spacial score (nSPS) is 16.2. The van der Waals surface area contributed by atoms with E-state index in [4.69, 9.17) is 0 Å². The molecule has 2 aromatic carbocycles. The van der Waals surface area contributed by atoms with Crippen LogP contribution in [0.2, 0.25) is 0 Å². The third-order valence-corrected chi connectivity index (χ3v) is 4.37. The first-order valence-corrected chi connectivity index (χ1v) is 8.53. The Bertz CT molecular complexity index is 713. The highest BCUT2D eigenvalue weighted by Gasteiger charge is 2.15. The molecular formula is C21H22F2N2. The summed E-state index contributed by atoms with van der Waals surface area (Å²) in [6.45, 7) is 4.87. The molecule has 25 heavy (non-hydrogen) atoms. The topological polar surface area (TPSA) is 6.48 Å². The average Bonchev–Trinajstić information content (AvgIpc) is 2.65. The Morgan fingerprint density at radius 2 is 1.48 bits per heavy atom. The van der Waals surface area contributed by atoms with Gasteiger partial charge in [-0.2, -0.15) is 0 Å². The number of rotatable bonds is 5. The van der Waals surface area contributed by atoms with Crippen molar-refractivity contribution in [3.05, 3.63) is 84.0 Å². The highest BCUT2D eigenvalue weighted by Crippen LogP contribution is 2.16. The number of anilines is 1. The van der Waals surface area contributed by atoms with E-state index in [9.17, 15) is 8.78 Å². The number of allylic oxidation sites excluding steroid dienone is 2. The first kappa shape index (κ1) is 17.4. The third-order valence-electron chi connectivity index (χ3n) is 4.37. The van der Waals surface area contributed by atoms with Gasteiger partial charge in [0, 0.05) is 44.0 Å². The van der Waals surface area contributed by atoms with Crippen molar-refractivity contribution in [2.75, 3.05) is 37.6 Å². The van der Waals surface area contributed by atoms with Crippen molar-refractivity contribution in [1.29, 1.82) is 0 Å². The zero-order valence-corrected chi connectivity index (χ0v) is 14.1. The second-order valence-electron chi connectivity index (χ2n) is 6.05. The number of piperazine rings is 1. The molecule has 2 aromatic rings. The molecule has 0 bridgehead atoms. The molecule has 1 aliphatic rings. The molecule has 1 aliphatic heterocycles. The summed E-state index contributed by atoms with van der Waals surface area (Å²) in [7, 11) is 0. The van der Waals surface area contributed by atoms with Crippen LogP contribution in [0.5, 0.6) is 0 Å². The summed E-state index contributed by atoms with van der Waals surface area (Å²) in [6, 6.07) is 14.3. The third kappa shape index (κ3) is 4.77. The Balaban J connectivity index is 1.45. The lowest BCUT2D eigenvalue weighted by molar-refractivity contribution is 0.284. The maximum Gasteiger partial charge on any atom is 0.133 e. The summed E-state index contributed by atoms with van der Waals surface area (Å²) in [5.41, 5.74) is 1.27. The molecule has 4 heteroatoms. The van der Waals surface area contributed by atoms with Gasteiger partial charge in [-0.1, -0.05) is 42.5 Å². The Hall–Kier alpha value is -2.46. The van der Waals surface area contributed by atoms with Gasteiger partial charge in [0.2, 0.25) is 0 Å². The fraction of sp³-hybridized carbons (Fsp3) is 0.238. The number of benzene rings is 2. The van der Waals surface area contributed by atoms with Crippen molar-refractivity contribution in [2.45, 2.75) is 0 Å². The van der Waals surface area contributed by atoms with E-state index in [1.165, 1.54) is 30.0 Å². The molecule has 2 nitrogen and oxygen atoms in total. The molecule has 130 valence electrons. The fourth-order valence-electron chi connectivity index (χ4n) is 2.94. The number of hydrogen-bond donors (Lipinski definition) is 0. The van der Waals surface area contributed by atoms with E-state index < -0.39 is 11.6 Å². The molecule has 0 aromatic heterocycles. The summed E-state index contributed by atoms with van der Waals surface area (Å²) in [5.74, 6) is -1.08. The van der Waals surface area contributed by atoms with E-state index in [1.54, 1.807) is 6.08 Å². The first-order valence-electron chi connectivity index (χ1n) is 8.53. The van der Waals surface area contributed by atoms with Gasteiger partial charge in [0.25, 0.3) is 0 Å². The quantitative estimate of drug-likeness (QED) is 0.747. The van der Waals surface area contributed by atoms with Gasteiger partial charge in [-0.15, -0.1) is 0 Å². The first-order chi connectivity index (χ1) is 12.2. The minimum Gasteiger partial charge on any atom is -0.369 e. The van der Waals surface area contributed by atoms with Crippen LogP contribution in [0.1, 0.15) is 5.56 Å². The van der Waals surface area contributed by atoms with Crippen molar-refractivity contribution in [2.24, 2.45) is 0 Å². The van der Waals surface area contributed by atoms with Crippen molar-refractivity contribution < 1.29 is 8.78 Å². The number of halogens is 2. The lowest BCUT2D eigenvalue weighted by Gasteiger charge is -2.35. The van der Waals surface area contributed by atoms with E-state index in [-0.39, 0.29) is 5.56 Å². The second kappa shape index (κ2) is 8.58. The molecule has 1 saturated heterocycles. The number of para-hydroxylation sites is 1. The lowest BCUT2D eigenvalue weighted by atomic mass is 10.2. The van der Waals surface area contributed by atoms with Gasteiger partial charge in [-0.05, 0) is 30.3 Å². The van der Waals surface area contributed by atoms with Crippen LogP contribution in [0.15, 0.2) is 66.8 Å². The summed E-state index contributed by atoms with van der Waals surface area (Å²) < 4.78 is 27.0. The Morgan fingerprint density at radius 3 is 2.16 bits per heavy atom. The number of nitrogens with zero attached hydrogens (tertiary/aromatic N) is 2. The van der Waals surface area contributed by atoms with Crippen LogP contribution >= 0.6 is 0 Å². The summed E-state index contributed by atoms with van der Waals surface area (Å²) in [6.07, 6.45) is 7.01. The molecule has 1 fully saturated rings. The maximum atomic E-state index is 13.5. The SMILES string of the molecule is Fc1cccc(F)c1C=CC=CCN1CCN(c2ccccc2)CC1. The molecule has 0 radical (unpaired) electrons. The zero-order chi connectivity index (χ0) is 17.5. The second-order valence-corrected chi connectivity index (χ2v) is 6.05. The van der Waals surface area contributed by atoms with Crippen LogP contribution in [0, 0.1) is 11.6 Å². The van der Waals surface area contributed by atoms with Gasteiger partial charge in [0.15, 0.2) is 0 Å². The largest absolute Gasteiger partial charge is 0.369 e. The molecule has 0 saturated carbocycles. The van der Waals surface area contributed by atoms with E-state index in [0.717, 1.165) is 32.7 Å². The Labute approximate surface area is 147 Å². The smallest absolute Gasteiger partial charge is 0.133 e. The molecule has 0 atom stereocenters. The molecule has 1 heterocycles. The molecule has 0 N–H and O–H groups in total. The standard InChI is InChI=1S/C21H22F2N2/c22-20-11-7-12-21(23)19(20)10-5-2-6-13-24-14-16-25(17-15-24)18-8-3-1-4-9-18/h1-12H,13-17H2. The van der Waals surface area contributed by atoms with E-state index in [0.29, 0.717) is 0 Å². The highest BCUT2D eigenvalue weighted by molar-refractivity contribution is 5.52. The van der Waals surface area contributed by atoms with Crippen molar-refractivity contribution in [3.63, 3.8) is 0 Å². The molecule has 3 rings (SSSR count). The van der Waals surface area contributed by atoms with Gasteiger partial charge >= 0.3 is 0 Å². The van der Waals surface area contributed by atoms with Crippen molar-refractivity contribution in [3.8, 4) is 0 Å². The highest BCUT2D eigenvalue weighted by atomic mass is 19.1. The molecule has 0 aliphatic carbocycles. The molecular weight excluding hydrogens is 318 g/mol. The predicted octanol–water partition coefficient (Wildman–Crippen LogP) is 4.36. The predicted molar refractivity (Wildman–Crippen MR) is 99.6 cm³/mol. The van der Waals surface area contributed by atoms with Crippen molar-refractivity contribution in [1.82, 2.24) is 4.90 Å². The monoisotopic (exact) mass is 340 g/mol. The lowest BCUT2D eigenvalue weighted by Crippen LogP contribution is -2.46. The van der Waals surface area contributed by atoms with E-state index in [1.807, 2.05) is 18.2 Å². The summed E-state index contributed by atoms with van der Waals surface area (Å²) in [4.78, 5) is 4.76. The van der Waals surface area contributed by atoms with Gasteiger partial charge in [0.05, 0.1) is 0 Å². The summed E-state index contributed by atoms with van der Waals surface area (Å²) in [5, 5.41) is 0.